The van der Waals surface area contributed by atoms with Gasteiger partial charge in [-0.1, -0.05) is 0 Å². The first-order valence-corrected chi connectivity index (χ1v) is 6.35. The largest absolute Gasteiger partial charge is 0.316 e. The summed E-state index contributed by atoms with van der Waals surface area (Å²) in [6.45, 7) is 2.56. The summed E-state index contributed by atoms with van der Waals surface area (Å²) >= 11 is 2.16. The van der Waals surface area contributed by atoms with Crippen LogP contribution in [0.4, 0.5) is 0 Å². The molecule has 0 aromatic rings. The van der Waals surface area contributed by atoms with E-state index < -0.39 is 0 Å². The lowest BCUT2D eigenvalue weighted by atomic mass is 9.75. The molecule has 2 heterocycles. The first-order valence-electron chi connectivity index (χ1n) is 5.20. The van der Waals surface area contributed by atoms with Crippen LogP contribution in [0.5, 0.6) is 0 Å². The predicted octanol–water partition coefficient (Wildman–Crippen LogP) is 2.27. The number of hydrogen-bond acceptors (Lipinski definition) is 2. The lowest BCUT2D eigenvalue weighted by Gasteiger charge is -2.36. The Bertz CT molecular complexity index is 131. The van der Waals surface area contributed by atoms with Crippen molar-refractivity contribution in [3.05, 3.63) is 0 Å². The van der Waals surface area contributed by atoms with Crippen molar-refractivity contribution < 1.29 is 0 Å². The van der Waals surface area contributed by atoms with E-state index in [-0.39, 0.29) is 0 Å². The second kappa shape index (κ2) is 4.01. The summed E-state index contributed by atoms with van der Waals surface area (Å²) in [6, 6.07) is 0. The number of hydrogen-bond donors (Lipinski definition) is 1. The molecule has 0 aromatic carbocycles. The van der Waals surface area contributed by atoms with Gasteiger partial charge in [-0.2, -0.15) is 11.8 Å². The molecule has 0 bridgehead atoms. The van der Waals surface area contributed by atoms with Crippen molar-refractivity contribution in [3.8, 4) is 0 Å². The molecule has 2 saturated heterocycles. The highest BCUT2D eigenvalue weighted by Gasteiger charge is 2.32. The van der Waals surface area contributed by atoms with Crippen LogP contribution in [-0.4, -0.2) is 24.6 Å². The Morgan fingerprint density at radius 3 is 2.75 bits per heavy atom. The Morgan fingerprint density at radius 1 is 1.00 bits per heavy atom. The highest BCUT2D eigenvalue weighted by molar-refractivity contribution is 7.99. The molecule has 1 nitrogen and oxygen atoms in total. The molecule has 2 fully saturated rings. The second-order valence-corrected chi connectivity index (χ2v) is 5.47. The maximum atomic E-state index is 3.56. The van der Waals surface area contributed by atoms with Crippen molar-refractivity contribution in [3.63, 3.8) is 0 Å². The van der Waals surface area contributed by atoms with Gasteiger partial charge in [-0.05, 0) is 55.6 Å². The van der Waals surface area contributed by atoms with Crippen molar-refractivity contribution in [2.75, 3.05) is 24.6 Å². The van der Waals surface area contributed by atoms with E-state index in [4.69, 9.17) is 0 Å². The number of nitrogens with one attached hydrogen (secondary N) is 1. The lowest BCUT2D eigenvalue weighted by molar-refractivity contribution is 0.186. The summed E-state index contributed by atoms with van der Waals surface area (Å²) in [5.41, 5.74) is 0.710. The van der Waals surface area contributed by atoms with Crippen molar-refractivity contribution in [2.45, 2.75) is 32.1 Å². The van der Waals surface area contributed by atoms with E-state index in [1.807, 2.05) is 0 Å². The average Bonchev–Trinajstić information content (AvgIpc) is 2.33. The fourth-order valence-electron chi connectivity index (χ4n) is 2.52. The van der Waals surface area contributed by atoms with Gasteiger partial charge in [0.2, 0.25) is 0 Å². The number of rotatable bonds is 0. The minimum absolute atomic E-state index is 0.710. The lowest BCUT2D eigenvalue weighted by Crippen LogP contribution is -2.40. The SMILES string of the molecule is C1CNCC2(C1)CCCSCC2. The smallest absolute Gasteiger partial charge is 0.000812 e. The van der Waals surface area contributed by atoms with E-state index in [2.05, 4.69) is 17.1 Å². The van der Waals surface area contributed by atoms with E-state index in [9.17, 15) is 0 Å². The first-order chi connectivity index (χ1) is 5.91. The molecule has 1 spiro atoms. The predicted molar refractivity (Wildman–Crippen MR) is 55.7 cm³/mol. The average molecular weight is 185 g/mol. The van der Waals surface area contributed by atoms with Crippen molar-refractivity contribution in [1.29, 1.82) is 0 Å². The quantitative estimate of drug-likeness (QED) is 0.621. The van der Waals surface area contributed by atoms with E-state index in [1.165, 1.54) is 56.7 Å². The number of piperidine rings is 1. The van der Waals surface area contributed by atoms with E-state index in [0.29, 0.717) is 5.41 Å². The van der Waals surface area contributed by atoms with Crippen molar-refractivity contribution >= 4 is 11.8 Å². The zero-order valence-electron chi connectivity index (χ0n) is 7.77. The van der Waals surface area contributed by atoms with Crippen LogP contribution < -0.4 is 5.32 Å². The van der Waals surface area contributed by atoms with E-state index in [1.54, 1.807) is 0 Å². The molecule has 70 valence electrons. The molecule has 12 heavy (non-hydrogen) atoms. The summed E-state index contributed by atoms with van der Waals surface area (Å²) in [4.78, 5) is 0. The minimum Gasteiger partial charge on any atom is -0.316 e. The van der Waals surface area contributed by atoms with Crippen LogP contribution in [0.15, 0.2) is 0 Å². The standard InChI is InChI=1S/C10H19NS/c1-3-10(9-11-6-1)4-2-7-12-8-5-10/h11H,1-9H2. The Hall–Kier alpha value is 0.310. The molecule has 0 aliphatic carbocycles. The molecule has 0 radical (unpaired) electrons. The Labute approximate surface area is 79.7 Å². The van der Waals surface area contributed by atoms with Gasteiger partial charge in [0.05, 0.1) is 0 Å². The van der Waals surface area contributed by atoms with Gasteiger partial charge in [0.25, 0.3) is 0 Å². The zero-order chi connectivity index (χ0) is 8.28. The Balaban J connectivity index is 1.95. The molecular formula is C10H19NS. The summed E-state index contributed by atoms with van der Waals surface area (Å²) in [6.07, 6.45) is 7.29. The molecule has 1 unspecified atom stereocenters. The molecule has 1 N–H and O–H groups in total. The third kappa shape index (κ3) is 1.97. The molecule has 0 saturated carbocycles. The molecule has 2 rings (SSSR count). The van der Waals surface area contributed by atoms with Gasteiger partial charge >= 0.3 is 0 Å². The maximum Gasteiger partial charge on any atom is 0.000812 e. The molecule has 2 heteroatoms. The van der Waals surface area contributed by atoms with Crippen LogP contribution in [0.3, 0.4) is 0 Å². The van der Waals surface area contributed by atoms with Gasteiger partial charge in [-0.25, -0.2) is 0 Å². The zero-order valence-corrected chi connectivity index (χ0v) is 8.59. The highest BCUT2D eigenvalue weighted by atomic mass is 32.2. The van der Waals surface area contributed by atoms with Gasteiger partial charge in [0.1, 0.15) is 0 Å². The van der Waals surface area contributed by atoms with Gasteiger partial charge < -0.3 is 5.32 Å². The third-order valence-electron chi connectivity index (χ3n) is 3.33. The van der Waals surface area contributed by atoms with Gasteiger partial charge in [0.15, 0.2) is 0 Å². The molecule has 2 aliphatic heterocycles. The van der Waals surface area contributed by atoms with Crippen molar-refractivity contribution in [1.82, 2.24) is 5.32 Å². The third-order valence-corrected chi connectivity index (χ3v) is 4.40. The maximum absolute atomic E-state index is 3.56. The molecule has 0 aromatic heterocycles. The summed E-state index contributed by atoms with van der Waals surface area (Å²) < 4.78 is 0. The molecular weight excluding hydrogens is 166 g/mol. The molecule has 0 amide bonds. The second-order valence-electron chi connectivity index (χ2n) is 4.25. The van der Waals surface area contributed by atoms with Crippen LogP contribution in [0.25, 0.3) is 0 Å². The molecule has 1 atom stereocenters. The summed E-state index contributed by atoms with van der Waals surface area (Å²) in [5.74, 6) is 2.81. The number of thioether (sulfide) groups is 1. The fourth-order valence-corrected chi connectivity index (χ4v) is 3.65. The summed E-state index contributed by atoms with van der Waals surface area (Å²) in [5, 5.41) is 3.56. The van der Waals surface area contributed by atoms with Crippen LogP contribution >= 0.6 is 11.8 Å². The molecule has 2 aliphatic rings. The van der Waals surface area contributed by atoms with Gasteiger partial charge in [-0.3, -0.25) is 0 Å². The van der Waals surface area contributed by atoms with Gasteiger partial charge in [0, 0.05) is 6.54 Å². The Morgan fingerprint density at radius 2 is 1.92 bits per heavy atom. The minimum atomic E-state index is 0.710. The van der Waals surface area contributed by atoms with Crippen LogP contribution in [0.2, 0.25) is 0 Å². The highest BCUT2D eigenvalue weighted by Crippen LogP contribution is 2.38. The van der Waals surface area contributed by atoms with Crippen molar-refractivity contribution in [2.24, 2.45) is 5.41 Å². The van der Waals surface area contributed by atoms with Gasteiger partial charge in [-0.15, -0.1) is 0 Å². The fraction of sp³-hybridized carbons (Fsp3) is 1.00. The summed E-state index contributed by atoms with van der Waals surface area (Å²) in [7, 11) is 0. The van der Waals surface area contributed by atoms with E-state index >= 15 is 0 Å². The Kier molecular flexibility index (Phi) is 2.97. The monoisotopic (exact) mass is 185 g/mol. The van der Waals surface area contributed by atoms with Crippen LogP contribution in [0.1, 0.15) is 32.1 Å². The van der Waals surface area contributed by atoms with Crippen LogP contribution in [-0.2, 0) is 0 Å². The normalized spacial score (nSPS) is 38.0. The van der Waals surface area contributed by atoms with E-state index in [0.717, 1.165) is 0 Å². The topological polar surface area (TPSA) is 12.0 Å². The van der Waals surface area contributed by atoms with Crippen LogP contribution in [0, 0.1) is 5.41 Å². The first kappa shape index (κ1) is 8.89.